The number of nitrogens with one attached hydrogen (secondary N) is 1. The van der Waals surface area contributed by atoms with Gasteiger partial charge in [-0.25, -0.2) is 8.78 Å². The minimum absolute atomic E-state index is 0.302. The maximum atomic E-state index is 13.0. The highest BCUT2D eigenvalue weighted by atomic mass is 35.5. The molecule has 1 aromatic rings. The molecule has 4 heteroatoms. The number of halogens is 3. The quantitative estimate of drug-likeness (QED) is 0.588. The average molecular weight is 206 g/mol. The standard InChI is InChI=1S/C9H10ClF2N/c10-3-4-13-6-7-5-8(11)1-2-9(7)12/h1-2,5,13H,3-4,6H2. The molecule has 0 aliphatic heterocycles. The lowest BCUT2D eigenvalue weighted by Crippen LogP contribution is -2.16. The average Bonchev–Trinajstić information content (AvgIpc) is 2.11. The second kappa shape index (κ2) is 5.14. The van der Waals surface area contributed by atoms with E-state index in [1.807, 2.05) is 0 Å². The molecule has 1 N–H and O–H groups in total. The zero-order chi connectivity index (χ0) is 9.68. The van der Waals surface area contributed by atoms with Gasteiger partial charge < -0.3 is 5.32 Å². The van der Waals surface area contributed by atoms with E-state index in [-0.39, 0.29) is 0 Å². The normalized spacial score (nSPS) is 10.4. The summed E-state index contributed by atoms with van der Waals surface area (Å²) in [6.07, 6.45) is 0. The molecule has 0 aromatic heterocycles. The van der Waals surface area contributed by atoms with Gasteiger partial charge in [-0.2, -0.15) is 0 Å². The number of hydrogen-bond donors (Lipinski definition) is 1. The lowest BCUT2D eigenvalue weighted by molar-refractivity contribution is 0.573. The maximum Gasteiger partial charge on any atom is 0.127 e. The van der Waals surface area contributed by atoms with Crippen LogP contribution in [0.15, 0.2) is 18.2 Å². The molecule has 0 atom stereocenters. The fourth-order valence-corrected chi connectivity index (χ4v) is 1.10. The Bertz CT molecular complexity index is 278. The fraction of sp³-hybridized carbons (Fsp3) is 0.333. The van der Waals surface area contributed by atoms with Crippen molar-refractivity contribution in [3.05, 3.63) is 35.4 Å². The van der Waals surface area contributed by atoms with Gasteiger partial charge in [0.05, 0.1) is 0 Å². The Hall–Kier alpha value is -0.670. The summed E-state index contributed by atoms with van der Waals surface area (Å²) in [6.45, 7) is 0.883. The SMILES string of the molecule is Fc1ccc(F)c(CNCCCl)c1. The number of hydrogen-bond acceptors (Lipinski definition) is 1. The van der Waals surface area contributed by atoms with Crippen molar-refractivity contribution in [2.45, 2.75) is 6.54 Å². The molecule has 1 nitrogen and oxygen atoms in total. The number of benzene rings is 1. The second-order valence-corrected chi connectivity index (χ2v) is 2.98. The molecule has 0 spiro atoms. The van der Waals surface area contributed by atoms with Crippen LogP contribution in [0, 0.1) is 11.6 Å². The molecule has 0 heterocycles. The Labute approximate surface area is 80.7 Å². The summed E-state index contributed by atoms with van der Waals surface area (Å²) in [5.41, 5.74) is 0.324. The van der Waals surface area contributed by atoms with Gasteiger partial charge in [-0.3, -0.25) is 0 Å². The third kappa shape index (κ3) is 3.28. The Morgan fingerprint density at radius 1 is 1.31 bits per heavy atom. The van der Waals surface area contributed by atoms with E-state index in [0.717, 1.165) is 12.1 Å². The number of alkyl halides is 1. The van der Waals surface area contributed by atoms with Gasteiger partial charge >= 0.3 is 0 Å². The Morgan fingerprint density at radius 3 is 2.77 bits per heavy atom. The van der Waals surface area contributed by atoms with E-state index in [4.69, 9.17) is 11.6 Å². The minimum atomic E-state index is -0.427. The Kier molecular flexibility index (Phi) is 4.12. The molecule has 1 aromatic carbocycles. The third-order valence-electron chi connectivity index (χ3n) is 1.59. The zero-order valence-corrected chi connectivity index (χ0v) is 7.74. The molecule has 72 valence electrons. The minimum Gasteiger partial charge on any atom is -0.311 e. The first-order valence-electron chi connectivity index (χ1n) is 3.94. The summed E-state index contributed by atoms with van der Waals surface area (Å²) in [7, 11) is 0. The van der Waals surface area contributed by atoms with Gasteiger partial charge in [0.15, 0.2) is 0 Å². The summed E-state index contributed by atoms with van der Waals surface area (Å²) in [5.74, 6) is -0.371. The van der Waals surface area contributed by atoms with Crippen LogP contribution in [0.4, 0.5) is 8.78 Å². The molecule has 1 rings (SSSR count). The predicted molar refractivity (Wildman–Crippen MR) is 48.8 cm³/mol. The molecule has 0 fully saturated rings. The van der Waals surface area contributed by atoms with Gasteiger partial charge in [0.1, 0.15) is 11.6 Å². The second-order valence-electron chi connectivity index (χ2n) is 2.60. The van der Waals surface area contributed by atoms with Crippen molar-refractivity contribution < 1.29 is 8.78 Å². The van der Waals surface area contributed by atoms with E-state index in [0.29, 0.717) is 24.5 Å². The van der Waals surface area contributed by atoms with Gasteiger partial charge in [0, 0.05) is 24.5 Å². The summed E-state index contributed by atoms with van der Waals surface area (Å²) in [4.78, 5) is 0. The summed E-state index contributed by atoms with van der Waals surface area (Å²) < 4.78 is 25.6. The molecule has 0 aliphatic rings. The van der Waals surface area contributed by atoms with Gasteiger partial charge in [-0.1, -0.05) is 0 Å². The lowest BCUT2D eigenvalue weighted by Gasteiger charge is -2.03. The summed E-state index contributed by atoms with van der Waals surface area (Å²) >= 11 is 5.41. The molecule has 0 saturated carbocycles. The van der Waals surface area contributed by atoms with Gasteiger partial charge in [-0.05, 0) is 18.2 Å². The van der Waals surface area contributed by atoms with E-state index < -0.39 is 11.6 Å². The van der Waals surface area contributed by atoms with Crippen LogP contribution in [-0.4, -0.2) is 12.4 Å². The van der Waals surface area contributed by atoms with E-state index in [1.54, 1.807) is 0 Å². The molecular formula is C9H10ClF2N. The molecule has 0 unspecified atom stereocenters. The molecule has 0 aliphatic carbocycles. The van der Waals surface area contributed by atoms with Crippen LogP contribution in [0.25, 0.3) is 0 Å². The Morgan fingerprint density at radius 2 is 2.08 bits per heavy atom. The van der Waals surface area contributed by atoms with Gasteiger partial charge in [-0.15, -0.1) is 11.6 Å². The molecule has 0 saturated heterocycles. The maximum absolute atomic E-state index is 13.0. The lowest BCUT2D eigenvalue weighted by atomic mass is 10.2. The first kappa shape index (κ1) is 10.4. The monoisotopic (exact) mass is 205 g/mol. The fourth-order valence-electron chi connectivity index (χ4n) is 0.969. The van der Waals surface area contributed by atoms with Crippen molar-refractivity contribution in [1.29, 1.82) is 0 Å². The van der Waals surface area contributed by atoms with Crippen LogP contribution in [0.5, 0.6) is 0 Å². The van der Waals surface area contributed by atoms with Crippen LogP contribution in [0.3, 0.4) is 0 Å². The van der Waals surface area contributed by atoms with Crippen LogP contribution < -0.4 is 5.32 Å². The van der Waals surface area contributed by atoms with Crippen molar-refractivity contribution >= 4 is 11.6 Å². The van der Waals surface area contributed by atoms with Crippen LogP contribution in [-0.2, 0) is 6.54 Å². The van der Waals surface area contributed by atoms with Gasteiger partial charge in [0.25, 0.3) is 0 Å². The van der Waals surface area contributed by atoms with Crippen LogP contribution >= 0.6 is 11.6 Å². The van der Waals surface area contributed by atoms with Crippen molar-refractivity contribution in [3.63, 3.8) is 0 Å². The van der Waals surface area contributed by atoms with E-state index in [1.165, 1.54) is 6.07 Å². The first-order valence-corrected chi connectivity index (χ1v) is 4.48. The molecule has 0 radical (unpaired) electrons. The van der Waals surface area contributed by atoms with Gasteiger partial charge in [0.2, 0.25) is 0 Å². The van der Waals surface area contributed by atoms with E-state index in [9.17, 15) is 8.78 Å². The predicted octanol–water partition coefficient (Wildman–Crippen LogP) is 2.29. The zero-order valence-electron chi connectivity index (χ0n) is 6.99. The van der Waals surface area contributed by atoms with Crippen LogP contribution in [0.1, 0.15) is 5.56 Å². The van der Waals surface area contributed by atoms with Crippen LogP contribution in [0.2, 0.25) is 0 Å². The van der Waals surface area contributed by atoms with Crippen molar-refractivity contribution in [2.24, 2.45) is 0 Å². The van der Waals surface area contributed by atoms with Crippen molar-refractivity contribution in [1.82, 2.24) is 5.32 Å². The van der Waals surface area contributed by atoms with E-state index >= 15 is 0 Å². The smallest absolute Gasteiger partial charge is 0.127 e. The molecule has 13 heavy (non-hydrogen) atoms. The van der Waals surface area contributed by atoms with Crippen molar-refractivity contribution in [3.8, 4) is 0 Å². The van der Waals surface area contributed by atoms with Crippen molar-refractivity contribution in [2.75, 3.05) is 12.4 Å². The highest BCUT2D eigenvalue weighted by Crippen LogP contribution is 2.08. The summed E-state index contributed by atoms with van der Waals surface area (Å²) in [5, 5.41) is 2.88. The largest absolute Gasteiger partial charge is 0.311 e. The summed E-state index contributed by atoms with van der Waals surface area (Å²) in [6, 6.07) is 3.39. The third-order valence-corrected chi connectivity index (χ3v) is 1.78. The number of rotatable bonds is 4. The van der Waals surface area contributed by atoms with E-state index in [2.05, 4.69) is 5.32 Å². The Balaban J connectivity index is 2.59. The highest BCUT2D eigenvalue weighted by molar-refractivity contribution is 6.18. The topological polar surface area (TPSA) is 12.0 Å². The molecule has 0 amide bonds. The highest BCUT2D eigenvalue weighted by Gasteiger charge is 2.02. The molecular weight excluding hydrogens is 196 g/mol. The molecule has 0 bridgehead atoms. The first-order chi connectivity index (χ1) is 6.24.